The van der Waals surface area contributed by atoms with Crippen molar-refractivity contribution in [1.82, 2.24) is 24.8 Å². The minimum absolute atomic E-state index is 0.188. The number of ether oxygens (including phenoxy) is 1. The van der Waals surface area contributed by atoms with Gasteiger partial charge in [0, 0.05) is 32.7 Å². The molecule has 1 N–H and O–H groups in total. The molecule has 3 aromatic rings. The summed E-state index contributed by atoms with van der Waals surface area (Å²) in [5.74, 6) is 0.739. The van der Waals surface area contributed by atoms with E-state index in [1.165, 1.54) is 4.52 Å². The van der Waals surface area contributed by atoms with E-state index in [1.807, 2.05) is 12.1 Å². The van der Waals surface area contributed by atoms with Gasteiger partial charge in [-0.05, 0) is 43.7 Å². The smallest absolute Gasteiger partial charge is 0.271 e. The Morgan fingerprint density at radius 3 is 2.74 bits per heavy atom. The zero-order valence-corrected chi connectivity index (χ0v) is 18.4. The quantitative estimate of drug-likeness (QED) is 0.541. The highest BCUT2D eigenvalue weighted by Crippen LogP contribution is 2.28. The SMILES string of the molecule is COc1ccccc1N1CCN(CCCCNC(=O)c2cn3nc(Cl)ccc3n2)CC1. The molecular formula is C22H27ClN6O2. The molecule has 2 aromatic heterocycles. The van der Waals surface area contributed by atoms with Crippen molar-refractivity contribution in [3.8, 4) is 5.75 Å². The molecule has 4 rings (SSSR count). The van der Waals surface area contributed by atoms with E-state index in [0.29, 0.717) is 23.0 Å². The van der Waals surface area contributed by atoms with Gasteiger partial charge in [-0.3, -0.25) is 9.69 Å². The van der Waals surface area contributed by atoms with Gasteiger partial charge in [0.15, 0.2) is 5.65 Å². The molecule has 0 aliphatic carbocycles. The molecule has 0 unspecified atom stereocenters. The van der Waals surface area contributed by atoms with Crippen molar-refractivity contribution in [2.75, 3.05) is 51.3 Å². The number of methoxy groups -OCH3 is 1. The maximum Gasteiger partial charge on any atom is 0.271 e. The number of fused-ring (bicyclic) bond motifs is 1. The van der Waals surface area contributed by atoms with Crippen molar-refractivity contribution in [2.24, 2.45) is 0 Å². The van der Waals surface area contributed by atoms with Crippen LogP contribution < -0.4 is 15.0 Å². The number of piperazine rings is 1. The predicted molar refractivity (Wildman–Crippen MR) is 121 cm³/mol. The lowest BCUT2D eigenvalue weighted by molar-refractivity contribution is 0.0948. The van der Waals surface area contributed by atoms with E-state index in [2.05, 4.69) is 37.3 Å². The third-order valence-electron chi connectivity index (χ3n) is 5.50. The number of aromatic nitrogens is 3. The monoisotopic (exact) mass is 442 g/mol. The van der Waals surface area contributed by atoms with E-state index in [1.54, 1.807) is 25.4 Å². The van der Waals surface area contributed by atoms with Gasteiger partial charge in [-0.25, -0.2) is 9.50 Å². The minimum atomic E-state index is -0.188. The zero-order chi connectivity index (χ0) is 21.6. The molecule has 3 heterocycles. The average Bonchev–Trinajstić information content (AvgIpc) is 3.22. The Balaban J connectivity index is 1.16. The molecule has 164 valence electrons. The van der Waals surface area contributed by atoms with Gasteiger partial charge < -0.3 is 15.0 Å². The number of nitrogens with zero attached hydrogens (tertiary/aromatic N) is 5. The summed E-state index contributed by atoms with van der Waals surface area (Å²) in [5, 5.41) is 7.40. The van der Waals surface area contributed by atoms with E-state index in [-0.39, 0.29) is 5.91 Å². The first kappa shape index (κ1) is 21.4. The van der Waals surface area contributed by atoms with Gasteiger partial charge in [-0.1, -0.05) is 23.7 Å². The summed E-state index contributed by atoms with van der Waals surface area (Å²) in [7, 11) is 1.72. The zero-order valence-electron chi connectivity index (χ0n) is 17.6. The Bertz CT molecular complexity index is 1030. The second kappa shape index (κ2) is 9.98. The molecule has 31 heavy (non-hydrogen) atoms. The number of para-hydroxylation sites is 2. The first-order valence-corrected chi connectivity index (χ1v) is 10.9. The van der Waals surface area contributed by atoms with Crippen LogP contribution in [0.4, 0.5) is 5.69 Å². The second-order valence-corrected chi connectivity index (χ2v) is 7.94. The molecule has 0 atom stereocenters. The van der Waals surface area contributed by atoms with Gasteiger partial charge in [-0.15, -0.1) is 0 Å². The van der Waals surface area contributed by atoms with Crippen molar-refractivity contribution in [3.05, 3.63) is 53.4 Å². The lowest BCUT2D eigenvalue weighted by Gasteiger charge is -2.36. The van der Waals surface area contributed by atoms with Crippen LogP contribution in [0, 0.1) is 0 Å². The molecule has 0 radical (unpaired) electrons. The molecule has 1 fully saturated rings. The minimum Gasteiger partial charge on any atom is -0.495 e. The highest BCUT2D eigenvalue weighted by atomic mass is 35.5. The molecule has 8 nitrogen and oxygen atoms in total. The van der Waals surface area contributed by atoms with Crippen LogP contribution in [0.3, 0.4) is 0 Å². The molecule has 1 saturated heterocycles. The van der Waals surface area contributed by atoms with Crippen LogP contribution >= 0.6 is 11.6 Å². The summed E-state index contributed by atoms with van der Waals surface area (Å²) in [6, 6.07) is 11.6. The Morgan fingerprint density at radius 2 is 1.94 bits per heavy atom. The van der Waals surface area contributed by atoms with E-state index < -0.39 is 0 Å². The fourth-order valence-electron chi connectivity index (χ4n) is 3.82. The Morgan fingerprint density at radius 1 is 1.13 bits per heavy atom. The standard InChI is InChI=1S/C22H27ClN6O2/c1-31-19-7-3-2-6-18(19)28-14-12-27(13-15-28)11-5-4-10-24-22(30)17-16-29-21(25-17)9-8-20(23)26-29/h2-3,6-9,16H,4-5,10-15H2,1H3,(H,24,30). The number of hydrogen-bond acceptors (Lipinski definition) is 6. The third kappa shape index (κ3) is 5.26. The maximum atomic E-state index is 12.3. The maximum absolute atomic E-state index is 12.3. The number of carbonyl (C=O) groups excluding carboxylic acids is 1. The van der Waals surface area contributed by atoms with E-state index in [4.69, 9.17) is 16.3 Å². The lowest BCUT2D eigenvalue weighted by Crippen LogP contribution is -2.46. The first-order chi connectivity index (χ1) is 15.1. The van der Waals surface area contributed by atoms with Crippen molar-refractivity contribution in [2.45, 2.75) is 12.8 Å². The number of imidazole rings is 1. The molecule has 0 bridgehead atoms. The summed E-state index contributed by atoms with van der Waals surface area (Å²) < 4.78 is 7.00. The molecule has 1 amide bonds. The van der Waals surface area contributed by atoms with E-state index in [9.17, 15) is 4.79 Å². The summed E-state index contributed by atoms with van der Waals surface area (Å²) in [6.45, 7) is 5.70. The van der Waals surface area contributed by atoms with Gasteiger partial charge in [0.25, 0.3) is 5.91 Å². The number of amides is 1. The normalized spacial score (nSPS) is 14.7. The van der Waals surface area contributed by atoms with Crippen LogP contribution in [0.2, 0.25) is 5.15 Å². The van der Waals surface area contributed by atoms with Crippen LogP contribution in [0.15, 0.2) is 42.6 Å². The lowest BCUT2D eigenvalue weighted by atomic mass is 10.2. The molecular weight excluding hydrogens is 416 g/mol. The van der Waals surface area contributed by atoms with Crippen LogP contribution in [0.5, 0.6) is 5.75 Å². The molecule has 1 aliphatic rings. The van der Waals surface area contributed by atoms with Crippen molar-refractivity contribution in [3.63, 3.8) is 0 Å². The van der Waals surface area contributed by atoms with Gasteiger partial charge in [0.05, 0.1) is 19.0 Å². The number of nitrogens with one attached hydrogen (secondary N) is 1. The van der Waals surface area contributed by atoms with Crippen molar-refractivity contribution < 1.29 is 9.53 Å². The number of carbonyl (C=O) groups is 1. The number of unbranched alkanes of at least 4 members (excludes halogenated alkanes) is 1. The number of rotatable bonds is 8. The van der Waals surface area contributed by atoms with Crippen molar-refractivity contribution >= 4 is 28.8 Å². The fraction of sp³-hybridized carbons (Fsp3) is 0.409. The van der Waals surface area contributed by atoms with Gasteiger partial charge in [0.1, 0.15) is 16.6 Å². The highest BCUT2D eigenvalue weighted by Gasteiger charge is 2.19. The number of anilines is 1. The molecule has 0 spiro atoms. The topological polar surface area (TPSA) is 75.0 Å². The van der Waals surface area contributed by atoms with Crippen LogP contribution in [0.1, 0.15) is 23.3 Å². The van der Waals surface area contributed by atoms with Crippen LogP contribution in [-0.2, 0) is 0 Å². The summed E-state index contributed by atoms with van der Waals surface area (Å²) in [5.41, 5.74) is 2.11. The van der Waals surface area contributed by atoms with E-state index in [0.717, 1.165) is 57.0 Å². The largest absolute Gasteiger partial charge is 0.495 e. The van der Waals surface area contributed by atoms with Gasteiger partial charge >= 0.3 is 0 Å². The predicted octanol–water partition coefficient (Wildman–Crippen LogP) is 2.72. The van der Waals surface area contributed by atoms with Crippen LogP contribution in [-0.4, -0.2) is 71.8 Å². The number of benzene rings is 1. The van der Waals surface area contributed by atoms with Gasteiger partial charge in [0.2, 0.25) is 0 Å². The molecule has 1 aromatic carbocycles. The molecule has 1 aliphatic heterocycles. The fourth-order valence-corrected chi connectivity index (χ4v) is 3.97. The summed E-state index contributed by atoms with van der Waals surface area (Å²) in [6.07, 6.45) is 3.56. The Labute approximate surface area is 186 Å². The average molecular weight is 443 g/mol. The van der Waals surface area contributed by atoms with Gasteiger partial charge in [-0.2, -0.15) is 5.10 Å². The van der Waals surface area contributed by atoms with Crippen LogP contribution in [0.25, 0.3) is 5.65 Å². The number of halogens is 1. The second-order valence-electron chi connectivity index (χ2n) is 7.55. The number of hydrogen-bond donors (Lipinski definition) is 1. The Hall–Kier alpha value is -2.84. The summed E-state index contributed by atoms with van der Waals surface area (Å²) >= 11 is 5.87. The highest BCUT2D eigenvalue weighted by molar-refractivity contribution is 6.29. The Kier molecular flexibility index (Phi) is 6.89. The first-order valence-electron chi connectivity index (χ1n) is 10.5. The summed E-state index contributed by atoms with van der Waals surface area (Å²) in [4.78, 5) is 21.5. The van der Waals surface area contributed by atoms with E-state index >= 15 is 0 Å². The molecule has 9 heteroatoms. The third-order valence-corrected chi connectivity index (χ3v) is 5.71. The molecule has 0 saturated carbocycles. The van der Waals surface area contributed by atoms with Crippen molar-refractivity contribution in [1.29, 1.82) is 0 Å².